The first kappa shape index (κ1) is 22.6. The molecule has 2 aliphatic heterocycles. The van der Waals surface area contributed by atoms with Crippen molar-refractivity contribution in [2.75, 3.05) is 12.0 Å². The van der Waals surface area contributed by atoms with E-state index in [1.807, 2.05) is 26.1 Å². The normalized spacial score (nSPS) is 26.8. The minimum Gasteiger partial charge on any atom is -0.392 e. The van der Waals surface area contributed by atoms with E-state index in [1.54, 1.807) is 18.2 Å². The lowest BCUT2D eigenvalue weighted by Crippen LogP contribution is -2.29. The van der Waals surface area contributed by atoms with Crippen molar-refractivity contribution in [3.63, 3.8) is 0 Å². The predicted molar refractivity (Wildman–Crippen MR) is 121 cm³/mol. The van der Waals surface area contributed by atoms with E-state index in [0.29, 0.717) is 22.4 Å². The second kappa shape index (κ2) is 9.10. The van der Waals surface area contributed by atoms with Crippen LogP contribution < -0.4 is 5.32 Å². The zero-order chi connectivity index (χ0) is 22.2. The minimum atomic E-state index is -0.683. The van der Waals surface area contributed by atoms with Gasteiger partial charge < -0.3 is 30.0 Å². The van der Waals surface area contributed by atoms with E-state index in [4.69, 9.17) is 32.7 Å². The number of hydrogen-bond acceptors (Lipinski definition) is 6. The van der Waals surface area contributed by atoms with E-state index in [9.17, 15) is 10.2 Å². The Morgan fingerprint density at radius 1 is 1.23 bits per heavy atom. The fourth-order valence-corrected chi connectivity index (χ4v) is 4.91. The first-order valence-corrected chi connectivity index (χ1v) is 11.1. The molecule has 2 fully saturated rings. The number of aromatic amines is 1. The molecule has 7 nitrogen and oxygen atoms in total. The molecule has 31 heavy (non-hydrogen) atoms. The highest BCUT2D eigenvalue weighted by molar-refractivity contribution is 6.70. The van der Waals surface area contributed by atoms with Gasteiger partial charge in [-0.2, -0.15) is 0 Å². The molecule has 0 radical (unpaired) electrons. The van der Waals surface area contributed by atoms with Gasteiger partial charge in [0.1, 0.15) is 17.7 Å². The number of anilines is 1. The number of halogens is 2. The van der Waals surface area contributed by atoms with E-state index in [2.05, 4.69) is 15.3 Å². The number of aliphatic imine (C=N–C) groups is 1. The summed E-state index contributed by atoms with van der Waals surface area (Å²) in [4.78, 5) is 7.01. The lowest BCUT2D eigenvalue weighted by Gasteiger charge is -2.26. The molecule has 4 atom stereocenters. The van der Waals surface area contributed by atoms with Gasteiger partial charge in [0.2, 0.25) is 0 Å². The fourth-order valence-electron chi connectivity index (χ4n) is 4.50. The molecule has 0 amide bonds. The third kappa shape index (κ3) is 4.77. The Morgan fingerprint density at radius 3 is 2.77 bits per heavy atom. The molecule has 3 heterocycles. The highest BCUT2D eigenvalue weighted by atomic mass is 35.5. The number of H-pyrrole nitrogens is 1. The summed E-state index contributed by atoms with van der Waals surface area (Å²) in [5.41, 5.74) is 2.34. The summed E-state index contributed by atoms with van der Waals surface area (Å²) < 4.78 is 11.8. The molecule has 1 saturated heterocycles. The van der Waals surface area contributed by atoms with E-state index in [1.165, 1.54) is 0 Å². The SMILES string of the molecule is CC1(C)OC2CCC(C(O)c3ccc(Cl)cc3CO)C2O1.ClC1=NCNc2[nH]ccc21. The molecule has 9 heteroatoms. The molecule has 3 aliphatic rings. The monoisotopic (exact) mass is 467 g/mol. The molecular formula is C22H27Cl2N3O4. The van der Waals surface area contributed by atoms with Gasteiger partial charge >= 0.3 is 0 Å². The number of hydrogen-bond donors (Lipinski definition) is 4. The van der Waals surface area contributed by atoms with Gasteiger partial charge in [0.05, 0.1) is 30.5 Å². The lowest BCUT2D eigenvalue weighted by molar-refractivity contribution is -0.161. The van der Waals surface area contributed by atoms with Crippen molar-refractivity contribution >= 4 is 34.2 Å². The number of aliphatic hydroxyl groups excluding tert-OH is 2. The summed E-state index contributed by atoms with van der Waals surface area (Å²) in [6.45, 7) is 4.22. The first-order valence-electron chi connectivity index (χ1n) is 10.3. The van der Waals surface area contributed by atoms with Crippen LogP contribution in [0.25, 0.3) is 0 Å². The van der Waals surface area contributed by atoms with Crippen molar-refractivity contribution in [2.45, 2.75) is 57.4 Å². The second-order valence-electron chi connectivity index (χ2n) is 8.38. The van der Waals surface area contributed by atoms with Crippen molar-refractivity contribution in [3.05, 3.63) is 52.2 Å². The standard InChI is InChI=1S/C16H21ClO4.C6H6ClN3/c1-16(2)20-13-6-5-12(15(13)21-16)14(19)11-4-3-10(17)7-9(11)8-18;7-5-4-1-2-8-6(4)10-3-9-5/h3-4,7,12-15,18-19H,5-6,8H2,1-2H3;1-2,8,10H,3H2. The maximum atomic E-state index is 10.8. The average Bonchev–Trinajstić information content (AvgIpc) is 3.42. The molecule has 4 unspecified atom stereocenters. The number of nitrogens with one attached hydrogen (secondary N) is 2. The molecule has 5 rings (SSSR count). The summed E-state index contributed by atoms with van der Waals surface area (Å²) in [6, 6.07) is 7.12. The Morgan fingerprint density at radius 2 is 2.03 bits per heavy atom. The van der Waals surface area contributed by atoms with E-state index >= 15 is 0 Å². The highest BCUT2D eigenvalue weighted by Gasteiger charge is 2.51. The maximum Gasteiger partial charge on any atom is 0.163 e. The Labute approximate surface area is 191 Å². The molecule has 0 spiro atoms. The van der Waals surface area contributed by atoms with Gasteiger partial charge in [-0.05, 0) is 56.0 Å². The number of benzene rings is 1. The van der Waals surface area contributed by atoms with Gasteiger partial charge in [-0.15, -0.1) is 0 Å². The summed E-state index contributed by atoms with van der Waals surface area (Å²) in [6.07, 6.45) is 2.83. The molecular weight excluding hydrogens is 441 g/mol. The quantitative estimate of drug-likeness (QED) is 0.542. The molecule has 1 aromatic heterocycles. The predicted octanol–water partition coefficient (Wildman–Crippen LogP) is 4.18. The molecule has 1 aliphatic carbocycles. The van der Waals surface area contributed by atoms with Crippen LogP contribution >= 0.6 is 23.2 Å². The lowest BCUT2D eigenvalue weighted by atomic mass is 9.90. The Kier molecular flexibility index (Phi) is 6.62. The number of fused-ring (bicyclic) bond motifs is 2. The molecule has 4 N–H and O–H groups in total. The van der Waals surface area contributed by atoms with Crippen LogP contribution in [0.2, 0.25) is 5.02 Å². The Bertz CT molecular complexity index is 962. The molecule has 1 aromatic carbocycles. The zero-order valence-corrected chi connectivity index (χ0v) is 19.0. The van der Waals surface area contributed by atoms with Crippen molar-refractivity contribution in [2.24, 2.45) is 10.9 Å². The molecule has 2 aromatic rings. The van der Waals surface area contributed by atoms with Gasteiger partial charge in [-0.3, -0.25) is 4.99 Å². The summed E-state index contributed by atoms with van der Waals surface area (Å²) >= 11 is 11.7. The van der Waals surface area contributed by atoms with Crippen molar-refractivity contribution < 1.29 is 19.7 Å². The van der Waals surface area contributed by atoms with Gasteiger partial charge in [0, 0.05) is 17.1 Å². The van der Waals surface area contributed by atoms with E-state index < -0.39 is 11.9 Å². The zero-order valence-electron chi connectivity index (χ0n) is 17.4. The van der Waals surface area contributed by atoms with E-state index in [0.717, 1.165) is 29.8 Å². The molecule has 1 saturated carbocycles. The number of nitrogens with zero attached hydrogens (tertiary/aromatic N) is 1. The smallest absolute Gasteiger partial charge is 0.163 e. The average molecular weight is 468 g/mol. The van der Waals surface area contributed by atoms with Gasteiger partial charge in [0.25, 0.3) is 0 Å². The van der Waals surface area contributed by atoms with Crippen LogP contribution in [0.1, 0.15) is 49.5 Å². The number of rotatable bonds is 3. The van der Waals surface area contributed by atoms with E-state index in [-0.39, 0.29) is 24.7 Å². The van der Waals surface area contributed by atoms with Gasteiger partial charge in [-0.25, -0.2) is 0 Å². The first-order chi connectivity index (χ1) is 14.8. The van der Waals surface area contributed by atoms with Crippen LogP contribution in [-0.2, 0) is 16.1 Å². The summed E-state index contributed by atoms with van der Waals surface area (Å²) in [5, 5.41) is 24.4. The van der Waals surface area contributed by atoms with Crippen LogP contribution in [0.15, 0.2) is 35.5 Å². The fraction of sp³-hybridized carbons (Fsp3) is 0.500. The van der Waals surface area contributed by atoms with Crippen molar-refractivity contribution in [1.29, 1.82) is 0 Å². The van der Waals surface area contributed by atoms with Crippen LogP contribution in [0.4, 0.5) is 5.82 Å². The third-order valence-corrected chi connectivity index (χ3v) is 6.43. The largest absolute Gasteiger partial charge is 0.392 e. The van der Waals surface area contributed by atoms with Crippen molar-refractivity contribution in [1.82, 2.24) is 4.98 Å². The Hall–Kier alpha value is -1.61. The second-order valence-corrected chi connectivity index (χ2v) is 9.17. The highest BCUT2D eigenvalue weighted by Crippen LogP contribution is 2.46. The van der Waals surface area contributed by atoms with Crippen LogP contribution in [-0.4, -0.2) is 45.0 Å². The maximum absolute atomic E-state index is 10.8. The van der Waals surface area contributed by atoms with Crippen LogP contribution in [0, 0.1) is 5.92 Å². The molecule has 0 bridgehead atoms. The Balaban J connectivity index is 0.000000192. The number of aromatic nitrogens is 1. The molecule has 168 valence electrons. The number of ether oxygens (including phenoxy) is 2. The number of aliphatic hydroxyl groups is 2. The van der Waals surface area contributed by atoms with Gasteiger partial charge in [-0.1, -0.05) is 29.3 Å². The van der Waals surface area contributed by atoms with Crippen LogP contribution in [0.3, 0.4) is 0 Å². The minimum absolute atomic E-state index is 0.0248. The topological polar surface area (TPSA) is 99.1 Å². The third-order valence-electron chi connectivity index (χ3n) is 5.87. The van der Waals surface area contributed by atoms with Gasteiger partial charge in [0.15, 0.2) is 5.79 Å². The summed E-state index contributed by atoms with van der Waals surface area (Å²) in [5.74, 6) is 0.344. The van der Waals surface area contributed by atoms with Crippen molar-refractivity contribution in [3.8, 4) is 0 Å². The van der Waals surface area contributed by atoms with Crippen LogP contribution in [0.5, 0.6) is 0 Å². The summed E-state index contributed by atoms with van der Waals surface area (Å²) in [7, 11) is 0.